The fraction of sp³-hybridized carbons (Fsp3) is 0.500. The highest BCUT2D eigenvalue weighted by atomic mass is 19.2. The Morgan fingerprint density at radius 2 is 1.95 bits per heavy atom. The molecule has 2 amide bonds. The van der Waals surface area contributed by atoms with E-state index in [9.17, 15) is 18.4 Å². The van der Waals surface area contributed by atoms with Crippen LogP contribution in [-0.2, 0) is 4.79 Å². The van der Waals surface area contributed by atoms with Crippen LogP contribution in [0, 0.1) is 17.7 Å². The minimum Gasteiger partial charge on any atom is -0.347 e. The van der Waals surface area contributed by atoms with Crippen LogP contribution in [0.15, 0.2) is 12.3 Å². The molecular formula is C14H19F2N3O2. The topological polar surface area (TPSA) is 62.3 Å². The summed E-state index contributed by atoms with van der Waals surface area (Å²) in [5.41, 5.74) is -0.470. The predicted octanol–water partition coefficient (Wildman–Crippen LogP) is 1.59. The molecule has 0 fully saturated rings. The third kappa shape index (κ3) is 4.47. The molecule has 0 bridgehead atoms. The zero-order valence-corrected chi connectivity index (χ0v) is 12.5. The van der Waals surface area contributed by atoms with Crippen molar-refractivity contribution in [2.75, 3.05) is 14.1 Å². The molecule has 5 nitrogen and oxygen atoms in total. The monoisotopic (exact) mass is 299 g/mol. The smallest absolute Gasteiger partial charge is 0.255 e. The molecule has 0 aliphatic rings. The van der Waals surface area contributed by atoms with Crippen molar-refractivity contribution in [3.8, 4) is 0 Å². The molecule has 0 saturated heterocycles. The van der Waals surface area contributed by atoms with Crippen LogP contribution >= 0.6 is 0 Å². The van der Waals surface area contributed by atoms with E-state index < -0.39 is 29.3 Å². The van der Waals surface area contributed by atoms with Gasteiger partial charge in [-0.25, -0.2) is 9.37 Å². The Kier molecular flexibility index (Phi) is 5.75. The van der Waals surface area contributed by atoms with Gasteiger partial charge >= 0.3 is 0 Å². The highest BCUT2D eigenvalue weighted by Crippen LogP contribution is 2.11. The van der Waals surface area contributed by atoms with Crippen molar-refractivity contribution in [2.24, 2.45) is 5.92 Å². The average Bonchev–Trinajstić information content (AvgIpc) is 2.39. The molecule has 0 radical (unpaired) electrons. The molecule has 7 heteroatoms. The third-order valence-electron chi connectivity index (χ3n) is 2.84. The first-order chi connectivity index (χ1) is 9.73. The molecule has 0 aliphatic heterocycles. The van der Waals surface area contributed by atoms with Gasteiger partial charge in [-0.15, -0.1) is 0 Å². The Hall–Kier alpha value is -2.05. The predicted molar refractivity (Wildman–Crippen MR) is 73.6 cm³/mol. The van der Waals surface area contributed by atoms with E-state index in [2.05, 4.69) is 10.3 Å². The summed E-state index contributed by atoms with van der Waals surface area (Å²) < 4.78 is 26.6. The molecule has 1 atom stereocenters. The highest BCUT2D eigenvalue weighted by molar-refractivity contribution is 5.97. The number of halogens is 2. The number of carbonyl (C=O) groups excluding carboxylic acids is 2. The summed E-state index contributed by atoms with van der Waals surface area (Å²) in [6, 6.07) is 0.281. The molecule has 0 aromatic carbocycles. The molecule has 0 aliphatic carbocycles. The number of amides is 2. The van der Waals surface area contributed by atoms with Crippen molar-refractivity contribution in [1.29, 1.82) is 0 Å². The highest BCUT2D eigenvalue weighted by Gasteiger charge is 2.25. The van der Waals surface area contributed by atoms with E-state index in [1.165, 1.54) is 4.90 Å². The molecule has 1 rings (SSSR count). The first kappa shape index (κ1) is 17.0. The van der Waals surface area contributed by atoms with Crippen LogP contribution in [0.2, 0.25) is 0 Å². The van der Waals surface area contributed by atoms with E-state index in [1.807, 2.05) is 13.8 Å². The fourth-order valence-electron chi connectivity index (χ4n) is 1.83. The van der Waals surface area contributed by atoms with Crippen LogP contribution in [0.25, 0.3) is 0 Å². The minimum absolute atomic E-state index is 0.151. The molecule has 1 unspecified atom stereocenters. The number of hydrogen-bond acceptors (Lipinski definition) is 3. The molecule has 1 aromatic rings. The summed E-state index contributed by atoms with van der Waals surface area (Å²) in [6.07, 6.45) is 1.40. The summed E-state index contributed by atoms with van der Waals surface area (Å²) >= 11 is 0. The maximum Gasteiger partial charge on any atom is 0.255 e. The standard InChI is InChI=1S/C14H19F2N3O2/c1-8(2)7-10(14(21)19(3)4)18-13(20)9-5-6-17-12(16)11(9)15/h5-6,8,10H,7H2,1-4H3,(H,18,20). The van der Waals surface area contributed by atoms with Crippen molar-refractivity contribution >= 4 is 11.8 Å². The maximum absolute atomic E-state index is 13.5. The summed E-state index contributed by atoms with van der Waals surface area (Å²) in [5, 5.41) is 2.45. The number of rotatable bonds is 5. The zero-order valence-electron chi connectivity index (χ0n) is 12.5. The molecule has 1 heterocycles. The number of pyridine rings is 1. The van der Waals surface area contributed by atoms with Crippen molar-refractivity contribution in [3.05, 3.63) is 29.6 Å². The SMILES string of the molecule is CC(C)CC(NC(=O)c1ccnc(F)c1F)C(=O)N(C)C. The lowest BCUT2D eigenvalue weighted by atomic mass is 10.0. The molecule has 116 valence electrons. The average molecular weight is 299 g/mol. The normalized spacial score (nSPS) is 12.1. The Morgan fingerprint density at radius 1 is 1.33 bits per heavy atom. The van der Waals surface area contributed by atoms with Crippen LogP contribution in [0.3, 0.4) is 0 Å². The van der Waals surface area contributed by atoms with E-state index in [0.29, 0.717) is 6.42 Å². The van der Waals surface area contributed by atoms with Gasteiger partial charge in [0, 0.05) is 20.3 Å². The van der Waals surface area contributed by atoms with Gasteiger partial charge in [-0.05, 0) is 18.4 Å². The molecule has 1 aromatic heterocycles. The van der Waals surface area contributed by atoms with Gasteiger partial charge < -0.3 is 10.2 Å². The molecule has 0 spiro atoms. The largest absolute Gasteiger partial charge is 0.347 e. The number of hydrogen-bond donors (Lipinski definition) is 1. The Bertz CT molecular complexity index is 533. The Balaban J connectivity index is 2.95. The zero-order chi connectivity index (χ0) is 16.2. The summed E-state index contributed by atoms with van der Waals surface area (Å²) in [6.45, 7) is 3.80. The van der Waals surface area contributed by atoms with Crippen LogP contribution < -0.4 is 5.32 Å². The lowest BCUT2D eigenvalue weighted by Crippen LogP contribution is -2.47. The van der Waals surface area contributed by atoms with Crippen LogP contribution in [0.5, 0.6) is 0 Å². The second-order valence-corrected chi connectivity index (χ2v) is 5.35. The second kappa shape index (κ2) is 7.10. The van der Waals surface area contributed by atoms with Crippen molar-refractivity contribution in [3.63, 3.8) is 0 Å². The van der Waals surface area contributed by atoms with E-state index in [0.717, 1.165) is 12.3 Å². The van der Waals surface area contributed by atoms with Gasteiger partial charge in [0.05, 0.1) is 5.56 Å². The Labute approximate surface area is 122 Å². The third-order valence-corrected chi connectivity index (χ3v) is 2.84. The quantitative estimate of drug-likeness (QED) is 0.840. The lowest BCUT2D eigenvalue weighted by molar-refractivity contribution is -0.131. The number of carbonyl (C=O) groups is 2. The van der Waals surface area contributed by atoms with Crippen molar-refractivity contribution in [2.45, 2.75) is 26.3 Å². The molecule has 21 heavy (non-hydrogen) atoms. The number of nitrogens with one attached hydrogen (secondary N) is 1. The molecular weight excluding hydrogens is 280 g/mol. The second-order valence-electron chi connectivity index (χ2n) is 5.35. The van der Waals surface area contributed by atoms with E-state index in [4.69, 9.17) is 0 Å². The summed E-state index contributed by atoms with van der Waals surface area (Å²) in [5.74, 6) is -3.66. The van der Waals surface area contributed by atoms with Gasteiger partial charge in [0.15, 0.2) is 5.82 Å². The van der Waals surface area contributed by atoms with E-state index >= 15 is 0 Å². The van der Waals surface area contributed by atoms with Crippen molar-refractivity contribution < 1.29 is 18.4 Å². The first-order valence-electron chi connectivity index (χ1n) is 6.56. The van der Waals surface area contributed by atoms with Gasteiger partial charge in [-0.1, -0.05) is 13.8 Å². The van der Waals surface area contributed by atoms with Gasteiger partial charge in [0.1, 0.15) is 6.04 Å². The van der Waals surface area contributed by atoms with Gasteiger partial charge in [-0.3, -0.25) is 9.59 Å². The van der Waals surface area contributed by atoms with Crippen LogP contribution in [-0.4, -0.2) is 41.8 Å². The van der Waals surface area contributed by atoms with Gasteiger partial charge in [-0.2, -0.15) is 4.39 Å². The van der Waals surface area contributed by atoms with E-state index in [-0.39, 0.29) is 11.8 Å². The fourth-order valence-corrected chi connectivity index (χ4v) is 1.83. The molecule has 0 saturated carbocycles. The van der Waals surface area contributed by atoms with Crippen molar-refractivity contribution in [1.82, 2.24) is 15.2 Å². The minimum atomic E-state index is -1.35. The number of likely N-dealkylation sites (N-methyl/N-ethyl adjacent to an activating group) is 1. The van der Waals surface area contributed by atoms with Crippen LogP contribution in [0.1, 0.15) is 30.6 Å². The first-order valence-corrected chi connectivity index (χ1v) is 6.56. The summed E-state index contributed by atoms with van der Waals surface area (Å²) in [7, 11) is 3.13. The number of aromatic nitrogens is 1. The van der Waals surface area contributed by atoms with Gasteiger partial charge in [0.2, 0.25) is 11.9 Å². The molecule has 1 N–H and O–H groups in total. The maximum atomic E-state index is 13.5. The van der Waals surface area contributed by atoms with Crippen LogP contribution in [0.4, 0.5) is 8.78 Å². The van der Waals surface area contributed by atoms with Gasteiger partial charge in [0.25, 0.3) is 5.91 Å². The number of nitrogens with zero attached hydrogens (tertiary/aromatic N) is 2. The Morgan fingerprint density at radius 3 is 2.48 bits per heavy atom. The lowest BCUT2D eigenvalue weighted by Gasteiger charge is -2.23. The summed E-state index contributed by atoms with van der Waals surface area (Å²) in [4.78, 5) is 28.5. The van der Waals surface area contributed by atoms with E-state index in [1.54, 1.807) is 14.1 Å².